The predicted molar refractivity (Wildman–Crippen MR) is 103 cm³/mol. The largest absolute Gasteiger partial charge is 0.350 e. The van der Waals surface area contributed by atoms with E-state index < -0.39 is 0 Å². The molecule has 0 saturated heterocycles. The number of aryl methyl sites for hydroxylation is 2. The SMILES string of the molecule is O=C(Cn1cnc2c(nc3n2CCCCC3)c1=O)NCc1cccc(Cl)c1. The number of imidazole rings is 1. The molecule has 8 heteroatoms. The van der Waals surface area contributed by atoms with E-state index in [2.05, 4.69) is 15.3 Å². The third kappa shape index (κ3) is 3.73. The van der Waals surface area contributed by atoms with Crippen molar-refractivity contribution < 1.29 is 4.79 Å². The molecule has 0 fully saturated rings. The Bertz CT molecular complexity index is 1060. The number of halogens is 1. The van der Waals surface area contributed by atoms with Crippen molar-refractivity contribution in [3.8, 4) is 0 Å². The minimum Gasteiger partial charge on any atom is -0.350 e. The van der Waals surface area contributed by atoms with Crippen molar-refractivity contribution >= 4 is 28.7 Å². The van der Waals surface area contributed by atoms with Crippen molar-refractivity contribution in [3.05, 3.63) is 57.4 Å². The van der Waals surface area contributed by atoms with Crippen LogP contribution in [0.4, 0.5) is 0 Å². The number of carbonyl (C=O) groups is 1. The molecule has 0 spiro atoms. The molecule has 7 nitrogen and oxygen atoms in total. The molecule has 1 aliphatic rings. The van der Waals surface area contributed by atoms with E-state index in [4.69, 9.17) is 11.6 Å². The van der Waals surface area contributed by atoms with Crippen LogP contribution in [0.5, 0.6) is 0 Å². The van der Waals surface area contributed by atoms with E-state index in [-0.39, 0.29) is 18.0 Å². The van der Waals surface area contributed by atoms with E-state index >= 15 is 0 Å². The van der Waals surface area contributed by atoms with Gasteiger partial charge in [0.2, 0.25) is 5.91 Å². The summed E-state index contributed by atoms with van der Waals surface area (Å²) in [7, 11) is 0. The number of hydrogen-bond acceptors (Lipinski definition) is 4. The highest BCUT2D eigenvalue weighted by atomic mass is 35.5. The molecule has 0 bridgehead atoms. The Morgan fingerprint density at radius 2 is 2.15 bits per heavy atom. The third-order valence-electron chi connectivity index (χ3n) is 4.78. The highest BCUT2D eigenvalue weighted by Crippen LogP contribution is 2.18. The van der Waals surface area contributed by atoms with Gasteiger partial charge in [0, 0.05) is 24.5 Å². The number of amides is 1. The van der Waals surface area contributed by atoms with Crippen molar-refractivity contribution in [2.75, 3.05) is 0 Å². The van der Waals surface area contributed by atoms with E-state index in [1.165, 1.54) is 10.9 Å². The molecular weight excluding hydrogens is 366 g/mol. The minimum absolute atomic E-state index is 0.0927. The van der Waals surface area contributed by atoms with Gasteiger partial charge in [0.25, 0.3) is 5.56 Å². The molecule has 0 aliphatic carbocycles. The summed E-state index contributed by atoms with van der Waals surface area (Å²) in [6.07, 6.45) is 5.59. The highest BCUT2D eigenvalue weighted by molar-refractivity contribution is 6.30. The number of nitrogens with zero attached hydrogens (tertiary/aromatic N) is 4. The van der Waals surface area contributed by atoms with Crippen LogP contribution in [0.1, 0.15) is 30.7 Å². The monoisotopic (exact) mass is 385 g/mol. The first-order valence-corrected chi connectivity index (χ1v) is 9.45. The van der Waals surface area contributed by atoms with Gasteiger partial charge in [-0.05, 0) is 30.5 Å². The summed E-state index contributed by atoms with van der Waals surface area (Å²) in [5, 5.41) is 3.41. The second-order valence-corrected chi connectivity index (χ2v) is 7.18. The predicted octanol–water partition coefficient (Wildman–Crippen LogP) is 2.29. The Morgan fingerprint density at radius 1 is 1.26 bits per heavy atom. The van der Waals surface area contributed by atoms with E-state index in [1.807, 2.05) is 16.7 Å². The second-order valence-electron chi connectivity index (χ2n) is 6.75. The molecule has 0 radical (unpaired) electrons. The third-order valence-corrected chi connectivity index (χ3v) is 5.01. The Hall–Kier alpha value is -2.67. The van der Waals surface area contributed by atoms with Gasteiger partial charge >= 0.3 is 0 Å². The van der Waals surface area contributed by atoms with E-state index in [9.17, 15) is 9.59 Å². The molecule has 0 saturated carbocycles. The number of nitrogens with one attached hydrogen (secondary N) is 1. The number of hydrogen-bond donors (Lipinski definition) is 1. The standard InChI is InChI=1S/C19H20ClN5O2/c20-14-6-4-5-13(9-14)10-21-16(26)11-24-12-22-18-17(19(24)27)23-15-7-2-1-3-8-25(15)18/h4-6,9,12H,1-3,7-8,10-11H2,(H,21,26). The number of rotatable bonds is 4. The molecule has 1 aromatic carbocycles. The fourth-order valence-corrected chi connectivity index (χ4v) is 3.62. The zero-order valence-electron chi connectivity index (χ0n) is 14.8. The van der Waals surface area contributed by atoms with Crippen molar-refractivity contribution in [1.82, 2.24) is 24.4 Å². The van der Waals surface area contributed by atoms with Crippen LogP contribution in [0.15, 0.2) is 35.4 Å². The highest BCUT2D eigenvalue weighted by Gasteiger charge is 2.18. The maximum atomic E-state index is 12.7. The summed E-state index contributed by atoms with van der Waals surface area (Å²) in [5.74, 6) is 0.647. The zero-order valence-corrected chi connectivity index (χ0v) is 15.6. The molecular formula is C19H20ClN5O2. The lowest BCUT2D eigenvalue weighted by molar-refractivity contribution is -0.121. The van der Waals surface area contributed by atoms with E-state index in [1.54, 1.807) is 12.1 Å². The van der Waals surface area contributed by atoms with Crippen LogP contribution < -0.4 is 10.9 Å². The van der Waals surface area contributed by atoms with Crippen molar-refractivity contribution in [2.24, 2.45) is 0 Å². The molecule has 3 heterocycles. The molecule has 1 aliphatic heterocycles. The van der Waals surface area contributed by atoms with Gasteiger partial charge in [0.15, 0.2) is 11.2 Å². The summed E-state index contributed by atoms with van der Waals surface area (Å²) in [6, 6.07) is 7.28. The normalized spacial score (nSPS) is 14.0. The summed E-state index contributed by atoms with van der Waals surface area (Å²) in [5.41, 5.74) is 1.58. The van der Waals surface area contributed by atoms with Crippen LogP contribution in [-0.2, 0) is 30.8 Å². The van der Waals surface area contributed by atoms with Crippen molar-refractivity contribution in [3.63, 3.8) is 0 Å². The van der Waals surface area contributed by atoms with Crippen LogP contribution in [0, 0.1) is 0 Å². The fourth-order valence-electron chi connectivity index (χ4n) is 3.40. The molecule has 2 aromatic heterocycles. The first-order valence-electron chi connectivity index (χ1n) is 9.07. The summed E-state index contributed by atoms with van der Waals surface area (Å²) < 4.78 is 3.34. The molecule has 27 heavy (non-hydrogen) atoms. The topological polar surface area (TPSA) is 81.8 Å². The van der Waals surface area contributed by atoms with E-state index in [0.29, 0.717) is 22.7 Å². The maximum Gasteiger partial charge on any atom is 0.282 e. The first-order chi connectivity index (χ1) is 13.1. The summed E-state index contributed by atoms with van der Waals surface area (Å²) in [6.45, 7) is 1.09. The van der Waals surface area contributed by atoms with Gasteiger partial charge in [-0.25, -0.2) is 9.97 Å². The maximum absolute atomic E-state index is 12.7. The van der Waals surface area contributed by atoms with Crippen molar-refractivity contribution in [2.45, 2.75) is 45.3 Å². The lowest BCUT2D eigenvalue weighted by Crippen LogP contribution is -2.32. The molecule has 1 amide bonds. The lowest BCUT2D eigenvalue weighted by Gasteiger charge is -2.08. The first kappa shape index (κ1) is 17.7. The Kier molecular flexibility index (Phi) is 4.94. The van der Waals surface area contributed by atoms with Gasteiger partial charge in [-0.1, -0.05) is 30.2 Å². The minimum atomic E-state index is -0.279. The molecule has 0 unspecified atom stereocenters. The van der Waals surface area contributed by atoms with Gasteiger partial charge in [-0.2, -0.15) is 0 Å². The molecule has 4 rings (SSSR count). The lowest BCUT2D eigenvalue weighted by atomic mass is 10.2. The van der Waals surface area contributed by atoms with Gasteiger partial charge < -0.3 is 9.88 Å². The van der Waals surface area contributed by atoms with Crippen LogP contribution in [0.25, 0.3) is 11.2 Å². The van der Waals surface area contributed by atoms with Crippen LogP contribution in [0.2, 0.25) is 5.02 Å². The van der Waals surface area contributed by atoms with Crippen LogP contribution in [-0.4, -0.2) is 25.0 Å². The number of fused-ring (bicyclic) bond motifs is 3. The average Bonchev–Trinajstić information content (AvgIpc) is 2.84. The Balaban J connectivity index is 1.51. The molecule has 0 atom stereocenters. The molecule has 3 aromatic rings. The van der Waals surface area contributed by atoms with Crippen molar-refractivity contribution in [1.29, 1.82) is 0 Å². The summed E-state index contributed by atoms with van der Waals surface area (Å²) in [4.78, 5) is 33.9. The molecule has 140 valence electrons. The number of aromatic nitrogens is 4. The van der Waals surface area contributed by atoms with E-state index in [0.717, 1.165) is 43.6 Å². The zero-order chi connectivity index (χ0) is 18.8. The van der Waals surface area contributed by atoms with Gasteiger partial charge in [-0.15, -0.1) is 0 Å². The number of benzene rings is 1. The van der Waals surface area contributed by atoms with Gasteiger partial charge in [0.05, 0.1) is 0 Å². The number of carbonyl (C=O) groups excluding carboxylic acids is 1. The fraction of sp³-hybridized carbons (Fsp3) is 0.368. The van der Waals surface area contributed by atoms with Crippen LogP contribution >= 0.6 is 11.6 Å². The van der Waals surface area contributed by atoms with Gasteiger partial charge in [0.1, 0.15) is 18.7 Å². The van der Waals surface area contributed by atoms with Crippen LogP contribution in [0.3, 0.4) is 0 Å². The van der Waals surface area contributed by atoms with Gasteiger partial charge in [-0.3, -0.25) is 14.2 Å². The molecule has 1 N–H and O–H groups in total. The summed E-state index contributed by atoms with van der Waals surface area (Å²) >= 11 is 5.94. The second kappa shape index (κ2) is 7.52. The Morgan fingerprint density at radius 3 is 3.00 bits per heavy atom. The Labute approximate surface area is 161 Å². The quantitative estimate of drug-likeness (QED) is 0.747. The average molecular weight is 386 g/mol. The smallest absolute Gasteiger partial charge is 0.282 e.